The predicted octanol–water partition coefficient (Wildman–Crippen LogP) is 6.44. The summed E-state index contributed by atoms with van der Waals surface area (Å²) in [5.41, 5.74) is 2.17. The molecule has 4 nitrogen and oxygen atoms in total. The van der Waals surface area contributed by atoms with E-state index in [1.165, 1.54) is 36.1 Å². The van der Waals surface area contributed by atoms with Gasteiger partial charge in [-0.1, -0.05) is 48.5 Å². The van der Waals surface area contributed by atoms with E-state index in [4.69, 9.17) is 9.15 Å². The number of likely N-dealkylation sites (tertiary alicyclic amines) is 1. The van der Waals surface area contributed by atoms with Crippen molar-refractivity contribution in [2.24, 2.45) is 0 Å². The van der Waals surface area contributed by atoms with Crippen LogP contribution in [0.2, 0.25) is 0 Å². The Hall–Kier alpha value is -3.11. The molecule has 0 amide bonds. The van der Waals surface area contributed by atoms with E-state index in [-0.39, 0.29) is 5.78 Å². The lowest BCUT2D eigenvalue weighted by Crippen LogP contribution is -2.34. The number of carbonyl (C=O) groups is 1. The molecule has 32 heavy (non-hydrogen) atoms. The second-order valence-electron chi connectivity index (χ2n) is 8.76. The molecule has 0 radical (unpaired) electrons. The number of ether oxygens (including phenoxy) is 1. The second kappa shape index (κ2) is 9.17. The third kappa shape index (κ3) is 4.42. The Morgan fingerprint density at radius 3 is 2.62 bits per heavy atom. The van der Waals surface area contributed by atoms with E-state index in [9.17, 15) is 4.79 Å². The fourth-order valence-corrected chi connectivity index (χ4v) is 4.76. The van der Waals surface area contributed by atoms with Crippen molar-refractivity contribution in [3.05, 3.63) is 78.1 Å². The fraction of sp³-hybridized carbons (Fsp3) is 0.321. The highest BCUT2D eigenvalue weighted by molar-refractivity contribution is 5.97. The normalized spacial score (nSPS) is 15.4. The number of piperidine rings is 1. The molecule has 0 bridgehead atoms. The first-order valence-electron chi connectivity index (χ1n) is 11.5. The standard InChI is InChI=1S/C28H29NO3/c1-20(30)28-19-25-26(8-4-9-27(25)32-28)31-17-5-14-29-15-12-22(13-16-29)24-11-10-21-6-2-3-7-23(21)18-24/h2-4,6-11,18-19,22H,5,12-17H2,1H3. The van der Waals surface area contributed by atoms with E-state index in [1.54, 1.807) is 6.07 Å². The molecule has 1 saturated heterocycles. The van der Waals surface area contributed by atoms with Gasteiger partial charge in [-0.05, 0) is 72.8 Å². The molecule has 1 fully saturated rings. The SMILES string of the molecule is CC(=O)c1cc2c(OCCCN3CCC(c4ccc5ccccc5c4)CC3)cccc2o1. The average Bonchev–Trinajstić information content (AvgIpc) is 3.28. The number of fused-ring (bicyclic) bond motifs is 2. The van der Waals surface area contributed by atoms with Crippen LogP contribution >= 0.6 is 0 Å². The van der Waals surface area contributed by atoms with Crippen molar-refractivity contribution in [3.8, 4) is 5.75 Å². The molecule has 3 aromatic carbocycles. The molecular weight excluding hydrogens is 398 g/mol. The van der Waals surface area contributed by atoms with E-state index >= 15 is 0 Å². The summed E-state index contributed by atoms with van der Waals surface area (Å²) < 4.78 is 11.6. The molecule has 1 aliphatic rings. The van der Waals surface area contributed by atoms with Crippen LogP contribution in [0.1, 0.15) is 48.2 Å². The summed E-state index contributed by atoms with van der Waals surface area (Å²) in [4.78, 5) is 14.1. The maximum Gasteiger partial charge on any atom is 0.194 e. The Morgan fingerprint density at radius 2 is 1.81 bits per heavy atom. The van der Waals surface area contributed by atoms with Crippen LogP contribution in [0, 0.1) is 0 Å². The lowest BCUT2D eigenvalue weighted by atomic mass is 9.88. The van der Waals surface area contributed by atoms with Gasteiger partial charge in [0, 0.05) is 13.5 Å². The van der Waals surface area contributed by atoms with Gasteiger partial charge in [0.1, 0.15) is 11.3 Å². The monoisotopic (exact) mass is 427 g/mol. The van der Waals surface area contributed by atoms with Gasteiger partial charge < -0.3 is 14.1 Å². The van der Waals surface area contributed by atoms with Crippen LogP contribution in [0.5, 0.6) is 5.75 Å². The molecular formula is C28H29NO3. The van der Waals surface area contributed by atoms with Gasteiger partial charge in [-0.25, -0.2) is 0 Å². The Kier molecular flexibility index (Phi) is 5.95. The number of nitrogens with zero attached hydrogens (tertiary/aromatic N) is 1. The van der Waals surface area contributed by atoms with Crippen molar-refractivity contribution < 1.29 is 13.9 Å². The second-order valence-corrected chi connectivity index (χ2v) is 8.76. The zero-order valence-corrected chi connectivity index (χ0v) is 18.5. The van der Waals surface area contributed by atoms with Gasteiger partial charge in [-0.15, -0.1) is 0 Å². The van der Waals surface area contributed by atoms with Gasteiger partial charge in [0.05, 0.1) is 12.0 Å². The van der Waals surface area contributed by atoms with Crippen molar-refractivity contribution in [1.82, 2.24) is 4.90 Å². The zero-order chi connectivity index (χ0) is 21.9. The lowest BCUT2D eigenvalue weighted by Gasteiger charge is -2.32. The van der Waals surface area contributed by atoms with Gasteiger partial charge in [0.15, 0.2) is 11.5 Å². The number of hydrogen-bond donors (Lipinski definition) is 0. The Morgan fingerprint density at radius 1 is 1.00 bits per heavy atom. The van der Waals surface area contributed by atoms with Gasteiger partial charge in [-0.3, -0.25) is 4.79 Å². The van der Waals surface area contributed by atoms with Crippen molar-refractivity contribution in [2.75, 3.05) is 26.2 Å². The topological polar surface area (TPSA) is 42.7 Å². The molecule has 4 heteroatoms. The molecule has 0 atom stereocenters. The summed E-state index contributed by atoms with van der Waals surface area (Å²) in [6.45, 7) is 5.49. The molecule has 0 aliphatic carbocycles. The van der Waals surface area contributed by atoms with E-state index < -0.39 is 0 Å². The van der Waals surface area contributed by atoms with E-state index in [1.807, 2.05) is 18.2 Å². The highest BCUT2D eigenvalue weighted by Crippen LogP contribution is 2.31. The summed E-state index contributed by atoms with van der Waals surface area (Å²) in [6, 6.07) is 23.0. The van der Waals surface area contributed by atoms with Crippen LogP contribution in [-0.2, 0) is 0 Å². The van der Waals surface area contributed by atoms with Gasteiger partial charge in [0.25, 0.3) is 0 Å². The highest BCUT2D eigenvalue weighted by atomic mass is 16.5. The van der Waals surface area contributed by atoms with E-state index in [2.05, 4.69) is 47.4 Å². The summed E-state index contributed by atoms with van der Waals surface area (Å²) in [7, 11) is 0. The van der Waals surface area contributed by atoms with Crippen LogP contribution in [0.25, 0.3) is 21.7 Å². The molecule has 1 aliphatic heterocycles. The summed E-state index contributed by atoms with van der Waals surface area (Å²) in [5.74, 6) is 1.75. The maximum atomic E-state index is 11.6. The van der Waals surface area contributed by atoms with Crippen LogP contribution in [-0.4, -0.2) is 36.9 Å². The highest BCUT2D eigenvalue weighted by Gasteiger charge is 2.20. The van der Waals surface area contributed by atoms with Crippen LogP contribution in [0.3, 0.4) is 0 Å². The number of Topliss-reactive ketones (excluding diaryl/α,β-unsaturated/α-hetero) is 1. The van der Waals surface area contributed by atoms with Gasteiger partial charge in [-0.2, -0.15) is 0 Å². The van der Waals surface area contributed by atoms with Crippen molar-refractivity contribution in [1.29, 1.82) is 0 Å². The molecule has 5 rings (SSSR count). The summed E-state index contributed by atoms with van der Waals surface area (Å²) in [6.07, 6.45) is 3.40. The number of furan rings is 1. The summed E-state index contributed by atoms with van der Waals surface area (Å²) in [5, 5.41) is 3.53. The largest absolute Gasteiger partial charge is 0.493 e. The third-order valence-corrected chi connectivity index (χ3v) is 6.58. The zero-order valence-electron chi connectivity index (χ0n) is 18.5. The smallest absolute Gasteiger partial charge is 0.194 e. The van der Waals surface area contributed by atoms with Crippen LogP contribution in [0.15, 0.2) is 71.1 Å². The minimum atomic E-state index is -0.0701. The molecule has 1 aromatic heterocycles. The number of hydrogen-bond acceptors (Lipinski definition) is 4. The van der Waals surface area contributed by atoms with Crippen molar-refractivity contribution >= 4 is 27.5 Å². The molecule has 0 spiro atoms. The minimum absolute atomic E-state index is 0.0701. The Balaban J connectivity index is 1.11. The van der Waals surface area contributed by atoms with Gasteiger partial charge in [0.2, 0.25) is 0 Å². The number of rotatable bonds is 7. The third-order valence-electron chi connectivity index (χ3n) is 6.58. The minimum Gasteiger partial charge on any atom is -0.493 e. The molecule has 0 N–H and O–H groups in total. The van der Waals surface area contributed by atoms with Crippen LogP contribution in [0.4, 0.5) is 0 Å². The quantitative estimate of drug-likeness (QED) is 0.251. The fourth-order valence-electron chi connectivity index (χ4n) is 4.76. The predicted molar refractivity (Wildman–Crippen MR) is 129 cm³/mol. The van der Waals surface area contributed by atoms with Crippen molar-refractivity contribution in [2.45, 2.75) is 32.1 Å². The Bertz CT molecular complexity index is 1230. The summed E-state index contributed by atoms with van der Waals surface area (Å²) >= 11 is 0. The van der Waals surface area contributed by atoms with E-state index in [0.717, 1.165) is 37.2 Å². The number of ketones is 1. The van der Waals surface area contributed by atoms with Crippen LogP contribution < -0.4 is 4.74 Å². The first-order chi connectivity index (χ1) is 15.7. The lowest BCUT2D eigenvalue weighted by molar-refractivity contribution is 0.0989. The van der Waals surface area contributed by atoms with E-state index in [0.29, 0.717) is 23.9 Å². The molecule has 0 unspecified atom stereocenters. The molecule has 2 heterocycles. The number of benzene rings is 3. The van der Waals surface area contributed by atoms with Crippen molar-refractivity contribution in [3.63, 3.8) is 0 Å². The average molecular weight is 428 g/mol. The molecule has 0 saturated carbocycles. The van der Waals surface area contributed by atoms with Gasteiger partial charge >= 0.3 is 0 Å². The Labute approximate surface area is 188 Å². The number of carbonyl (C=O) groups excluding carboxylic acids is 1. The molecule has 4 aromatic rings. The first kappa shape index (κ1) is 20.8. The molecule has 164 valence electrons. The maximum absolute atomic E-state index is 11.6. The first-order valence-corrected chi connectivity index (χ1v) is 11.5.